The molecule has 1 heterocycles. The van der Waals surface area contributed by atoms with E-state index in [1.165, 1.54) is 11.3 Å². The lowest BCUT2D eigenvalue weighted by atomic mass is 10.2. The number of aliphatic hydroxyl groups excluding tert-OH is 1. The van der Waals surface area contributed by atoms with Crippen LogP contribution in [0.4, 0.5) is 0 Å². The van der Waals surface area contributed by atoms with E-state index < -0.39 is 6.10 Å². The second kappa shape index (κ2) is 7.66. The number of rotatable bonds is 7. The third kappa shape index (κ3) is 4.61. The van der Waals surface area contributed by atoms with Gasteiger partial charge >= 0.3 is 0 Å². The second-order valence-corrected chi connectivity index (χ2v) is 6.26. The number of hydrogen-bond donors (Lipinski definition) is 3. The van der Waals surface area contributed by atoms with Crippen molar-refractivity contribution in [2.75, 3.05) is 13.2 Å². The van der Waals surface area contributed by atoms with Crippen molar-refractivity contribution in [1.29, 1.82) is 0 Å². The monoisotopic (exact) mass is 327 g/mol. The molecule has 0 bridgehead atoms. The highest BCUT2D eigenvalue weighted by atomic mass is 35.5. The first-order chi connectivity index (χ1) is 10.1. The van der Waals surface area contributed by atoms with Crippen molar-refractivity contribution >= 4 is 22.9 Å². The van der Waals surface area contributed by atoms with Crippen molar-refractivity contribution in [3.05, 3.63) is 45.1 Å². The first kappa shape index (κ1) is 16.1. The molecule has 0 amide bonds. The number of thiophene rings is 1. The standard InChI is InChI=1S/C15H18ClNO3S/c1-2-20-11-3-4-12(18)10(7-11)8-17-9-13(19)14-5-6-15(16)21-14/h3-7,13,17-19H,2,8-9H2,1H3. The van der Waals surface area contributed by atoms with E-state index in [0.29, 0.717) is 24.0 Å². The molecule has 0 saturated carbocycles. The molecule has 0 aliphatic heterocycles. The van der Waals surface area contributed by atoms with Gasteiger partial charge in [0.2, 0.25) is 0 Å². The molecular formula is C15H18ClNO3S. The van der Waals surface area contributed by atoms with Gasteiger partial charge in [-0.25, -0.2) is 0 Å². The molecular weight excluding hydrogens is 310 g/mol. The third-order valence-corrected chi connectivity index (χ3v) is 4.27. The normalized spacial score (nSPS) is 12.3. The number of benzene rings is 1. The van der Waals surface area contributed by atoms with E-state index in [4.69, 9.17) is 16.3 Å². The van der Waals surface area contributed by atoms with Crippen LogP contribution in [0.5, 0.6) is 11.5 Å². The van der Waals surface area contributed by atoms with E-state index in [-0.39, 0.29) is 5.75 Å². The van der Waals surface area contributed by atoms with E-state index in [1.54, 1.807) is 24.3 Å². The van der Waals surface area contributed by atoms with E-state index >= 15 is 0 Å². The summed E-state index contributed by atoms with van der Waals surface area (Å²) in [5.74, 6) is 0.928. The fourth-order valence-electron chi connectivity index (χ4n) is 1.91. The van der Waals surface area contributed by atoms with Crippen LogP contribution in [0.2, 0.25) is 4.34 Å². The first-order valence-electron chi connectivity index (χ1n) is 6.69. The lowest BCUT2D eigenvalue weighted by molar-refractivity contribution is 0.178. The maximum Gasteiger partial charge on any atom is 0.120 e. The second-order valence-electron chi connectivity index (χ2n) is 4.51. The number of aromatic hydroxyl groups is 1. The summed E-state index contributed by atoms with van der Waals surface area (Å²) in [6, 6.07) is 8.71. The average Bonchev–Trinajstić information content (AvgIpc) is 2.89. The Hall–Kier alpha value is -1.27. The van der Waals surface area contributed by atoms with Crippen LogP contribution in [0, 0.1) is 0 Å². The minimum atomic E-state index is -0.611. The van der Waals surface area contributed by atoms with Crippen molar-refractivity contribution in [2.45, 2.75) is 19.6 Å². The quantitative estimate of drug-likeness (QED) is 0.730. The van der Waals surface area contributed by atoms with Crippen molar-refractivity contribution in [3.8, 4) is 11.5 Å². The van der Waals surface area contributed by atoms with Crippen molar-refractivity contribution in [3.63, 3.8) is 0 Å². The van der Waals surface area contributed by atoms with Crippen LogP contribution >= 0.6 is 22.9 Å². The Kier molecular flexibility index (Phi) is 5.87. The zero-order valence-electron chi connectivity index (χ0n) is 11.7. The molecule has 1 aromatic carbocycles. The van der Waals surface area contributed by atoms with Gasteiger partial charge in [0.15, 0.2) is 0 Å². The lowest BCUT2D eigenvalue weighted by Crippen LogP contribution is -2.20. The maximum absolute atomic E-state index is 10.0. The number of phenolic OH excluding ortho intramolecular Hbond substituents is 1. The van der Waals surface area contributed by atoms with Crippen molar-refractivity contribution in [2.24, 2.45) is 0 Å². The Morgan fingerprint density at radius 2 is 2.14 bits per heavy atom. The molecule has 1 atom stereocenters. The first-order valence-corrected chi connectivity index (χ1v) is 7.88. The van der Waals surface area contributed by atoms with Crippen LogP contribution in [0.25, 0.3) is 0 Å². The fourth-order valence-corrected chi connectivity index (χ4v) is 2.96. The van der Waals surface area contributed by atoms with E-state index in [9.17, 15) is 10.2 Å². The largest absolute Gasteiger partial charge is 0.508 e. The van der Waals surface area contributed by atoms with Crippen LogP contribution in [0.1, 0.15) is 23.5 Å². The number of ether oxygens (including phenoxy) is 1. The number of hydrogen-bond acceptors (Lipinski definition) is 5. The predicted molar refractivity (Wildman–Crippen MR) is 85.3 cm³/mol. The SMILES string of the molecule is CCOc1ccc(O)c(CNCC(O)c2ccc(Cl)s2)c1. The Morgan fingerprint density at radius 1 is 1.33 bits per heavy atom. The molecule has 0 fully saturated rings. The summed E-state index contributed by atoms with van der Waals surface area (Å²) in [5, 5.41) is 23.0. The van der Waals surface area contributed by atoms with E-state index in [2.05, 4.69) is 5.32 Å². The Balaban J connectivity index is 1.89. The Labute approximate surface area is 133 Å². The minimum Gasteiger partial charge on any atom is -0.508 e. The van der Waals surface area contributed by atoms with Crippen LogP contribution in [-0.4, -0.2) is 23.4 Å². The number of phenols is 1. The number of nitrogens with one attached hydrogen (secondary N) is 1. The van der Waals surface area contributed by atoms with Gasteiger partial charge in [0.25, 0.3) is 0 Å². The molecule has 114 valence electrons. The summed E-state index contributed by atoms with van der Waals surface area (Å²) >= 11 is 7.20. The molecule has 0 aliphatic rings. The lowest BCUT2D eigenvalue weighted by Gasteiger charge is -2.12. The molecule has 21 heavy (non-hydrogen) atoms. The molecule has 2 rings (SSSR count). The van der Waals surface area contributed by atoms with Gasteiger partial charge < -0.3 is 20.3 Å². The summed E-state index contributed by atoms with van der Waals surface area (Å²) in [5.41, 5.74) is 0.734. The Morgan fingerprint density at radius 3 is 2.81 bits per heavy atom. The molecule has 0 saturated heterocycles. The van der Waals surface area contributed by atoms with Crippen LogP contribution < -0.4 is 10.1 Å². The highest BCUT2D eigenvalue weighted by Gasteiger charge is 2.10. The van der Waals surface area contributed by atoms with Crippen LogP contribution in [0.15, 0.2) is 30.3 Å². The maximum atomic E-state index is 10.0. The number of aliphatic hydroxyl groups is 1. The zero-order valence-corrected chi connectivity index (χ0v) is 13.2. The molecule has 1 unspecified atom stereocenters. The van der Waals surface area contributed by atoms with Crippen molar-refractivity contribution < 1.29 is 14.9 Å². The van der Waals surface area contributed by atoms with Gasteiger partial charge in [-0.2, -0.15) is 0 Å². The van der Waals surface area contributed by atoms with E-state index in [0.717, 1.165) is 16.2 Å². The summed E-state index contributed by atoms with van der Waals surface area (Å²) in [4.78, 5) is 0.819. The third-order valence-electron chi connectivity index (χ3n) is 2.94. The van der Waals surface area contributed by atoms with Gasteiger partial charge in [-0.3, -0.25) is 0 Å². The van der Waals surface area contributed by atoms with E-state index in [1.807, 2.05) is 13.0 Å². The summed E-state index contributed by atoms with van der Waals surface area (Å²) in [6.45, 7) is 3.32. The van der Waals surface area contributed by atoms with Gasteiger partial charge in [0, 0.05) is 23.5 Å². The number of halogens is 1. The molecule has 1 aromatic heterocycles. The van der Waals surface area contributed by atoms with Crippen LogP contribution in [-0.2, 0) is 6.54 Å². The van der Waals surface area contributed by atoms with Gasteiger partial charge in [-0.15, -0.1) is 11.3 Å². The highest BCUT2D eigenvalue weighted by molar-refractivity contribution is 7.16. The van der Waals surface area contributed by atoms with Gasteiger partial charge in [-0.05, 0) is 37.3 Å². The van der Waals surface area contributed by atoms with Gasteiger partial charge in [0.05, 0.1) is 10.9 Å². The molecule has 6 heteroatoms. The Bertz CT molecular complexity index is 588. The summed E-state index contributed by atoms with van der Waals surface area (Å²) < 4.78 is 6.06. The van der Waals surface area contributed by atoms with Gasteiger partial charge in [-0.1, -0.05) is 11.6 Å². The molecule has 4 nitrogen and oxygen atoms in total. The highest BCUT2D eigenvalue weighted by Crippen LogP contribution is 2.27. The molecule has 0 radical (unpaired) electrons. The predicted octanol–water partition coefficient (Wildman–Crippen LogP) is 3.33. The minimum absolute atomic E-state index is 0.208. The van der Waals surface area contributed by atoms with Gasteiger partial charge in [0.1, 0.15) is 17.6 Å². The zero-order chi connectivity index (χ0) is 15.2. The average molecular weight is 328 g/mol. The smallest absolute Gasteiger partial charge is 0.120 e. The molecule has 0 spiro atoms. The topological polar surface area (TPSA) is 61.7 Å². The molecule has 2 aromatic rings. The van der Waals surface area contributed by atoms with Crippen LogP contribution in [0.3, 0.4) is 0 Å². The summed E-state index contributed by atoms with van der Waals surface area (Å²) in [7, 11) is 0. The summed E-state index contributed by atoms with van der Waals surface area (Å²) in [6.07, 6.45) is -0.611. The van der Waals surface area contributed by atoms with Crippen molar-refractivity contribution in [1.82, 2.24) is 5.32 Å². The molecule has 0 aliphatic carbocycles. The fraction of sp³-hybridized carbons (Fsp3) is 0.333. The molecule has 3 N–H and O–H groups in total.